The van der Waals surface area contributed by atoms with E-state index in [2.05, 4.69) is 33.1 Å². The van der Waals surface area contributed by atoms with Gasteiger partial charge in [0.05, 0.1) is 5.75 Å². The molecule has 0 saturated carbocycles. The first-order valence-corrected chi connectivity index (χ1v) is 10.7. The van der Waals surface area contributed by atoms with Crippen molar-refractivity contribution < 1.29 is 4.79 Å². The largest absolute Gasteiger partial charge is 0.325 e. The molecule has 5 nitrogen and oxygen atoms in total. The average Bonchev–Trinajstić information content (AvgIpc) is 2.96. The van der Waals surface area contributed by atoms with Crippen LogP contribution in [-0.2, 0) is 17.8 Å². The molecule has 3 aromatic rings. The summed E-state index contributed by atoms with van der Waals surface area (Å²) in [5, 5.41) is 11.7. The minimum absolute atomic E-state index is 0.00246. The molecule has 144 valence electrons. The summed E-state index contributed by atoms with van der Waals surface area (Å²) in [6.07, 6.45) is 4.60. The van der Waals surface area contributed by atoms with E-state index in [-0.39, 0.29) is 5.91 Å². The minimum atomic E-state index is -0.00246. The second-order valence-electron chi connectivity index (χ2n) is 7.08. The Kier molecular flexibility index (Phi) is 5.76. The van der Waals surface area contributed by atoms with Gasteiger partial charge >= 0.3 is 0 Å². The average molecular weight is 393 g/mol. The van der Waals surface area contributed by atoms with Gasteiger partial charge in [-0.05, 0) is 55.7 Å². The Morgan fingerprint density at radius 3 is 2.71 bits per heavy atom. The van der Waals surface area contributed by atoms with Gasteiger partial charge in [0.1, 0.15) is 5.82 Å². The van der Waals surface area contributed by atoms with Gasteiger partial charge in [-0.2, -0.15) is 0 Å². The van der Waals surface area contributed by atoms with Gasteiger partial charge in [-0.15, -0.1) is 22.0 Å². The molecule has 0 atom stereocenters. The molecule has 0 saturated heterocycles. The van der Waals surface area contributed by atoms with Crippen LogP contribution in [0, 0.1) is 6.92 Å². The highest BCUT2D eigenvalue weighted by Crippen LogP contribution is 2.25. The molecule has 0 spiro atoms. The maximum Gasteiger partial charge on any atom is 0.234 e. The smallest absolute Gasteiger partial charge is 0.234 e. The molecular weight excluding hydrogens is 368 g/mol. The Morgan fingerprint density at radius 2 is 1.89 bits per heavy atom. The van der Waals surface area contributed by atoms with Crippen LogP contribution < -0.4 is 5.32 Å². The number of amides is 1. The Bertz CT molecular complexity index is 965. The molecule has 0 unspecified atom stereocenters. The summed E-state index contributed by atoms with van der Waals surface area (Å²) in [4.78, 5) is 13.4. The number of rotatable bonds is 5. The summed E-state index contributed by atoms with van der Waals surface area (Å²) in [6.45, 7) is 3.04. The highest BCUT2D eigenvalue weighted by molar-refractivity contribution is 8.00. The zero-order chi connectivity index (χ0) is 19.3. The topological polar surface area (TPSA) is 59.8 Å². The molecular formula is C22H24N4OS. The van der Waals surface area contributed by atoms with Gasteiger partial charge in [-0.1, -0.05) is 24.6 Å². The zero-order valence-corrected chi connectivity index (χ0v) is 16.8. The number of hydrogen-bond donors (Lipinski definition) is 1. The highest BCUT2D eigenvalue weighted by Gasteiger charge is 2.16. The van der Waals surface area contributed by atoms with E-state index in [1.165, 1.54) is 24.8 Å². The maximum absolute atomic E-state index is 12.3. The first-order valence-electron chi connectivity index (χ1n) is 9.71. The fourth-order valence-corrected chi connectivity index (χ4v) is 4.29. The number of nitrogens with zero attached hydrogens (tertiary/aromatic N) is 3. The van der Waals surface area contributed by atoms with E-state index in [0.717, 1.165) is 40.8 Å². The van der Waals surface area contributed by atoms with Crippen molar-refractivity contribution in [3.63, 3.8) is 0 Å². The van der Waals surface area contributed by atoms with Gasteiger partial charge in [-0.3, -0.25) is 4.79 Å². The molecule has 2 heterocycles. The minimum Gasteiger partial charge on any atom is -0.325 e. The Morgan fingerprint density at radius 1 is 1.07 bits per heavy atom. The molecule has 2 aromatic carbocycles. The molecule has 0 fully saturated rings. The summed E-state index contributed by atoms with van der Waals surface area (Å²) in [6, 6.07) is 16.0. The fraction of sp³-hybridized carbons (Fsp3) is 0.318. The van der Waals surface area contributed by atoms with Crippen LogP contribution in [0.25, 0.3) is 11.4 Å². The van der Waals surface area contributed by atoms with Crippen molar-refractivity contribution in [2.75, 3.05) is 11.1 Å². The number of nitrogens with one attached hydrogen (secondary N) is 1. The summed E-state index contributed by atoms with van der Waals surface area (Å²) in [5.74, 6) is 2.39. The van der Waals surface area contributed by atoms with E-state index >= 15 is 0 Å². The molecule has 0 aliphatic carbocycles. The predicted octanol–water partition coefficient (Wildman–Crippen LogP) is 4.71. The Labute approximate surface area is 169 Å². The normalized spacial score (nSPS) is 13.6. The third-order valence-corrected chi connectivity index (χ3v) is 6.16. The van der Waals surface area contributed by atoms with Crippen molar-refractivity contribution in [1.29, 1.82) is 0 Å². The molecule has 1 aromatic heterocycles. The number of thioether (sulfide) groups is 1. The van der Waals surface area contributed by atoms with Crippen LogP contribution in [-0.4, -0.2) is 26.4 Å². The van der Waals surface area contributed by atoms with Crippen LogP contribution in [0.5, 0.6) is 0 Å². The molecule has 1 aliphatic rings. The predicted molar refractivity (Wildman–Crippen MR) is 114 cm³/mol. The van der Waals surface area contributed by atoms with Gasteiger partial charge in [0.2, 0.25) is 5.91 Å². The van der Waals surface area contributed by atoms with Gasteiger partial charge in [0, 0.05) is 29.1 Å². The first kappa shape index (κ1) is 18.7. The van der Waals surface area contributed by atoms with Crippen LogP contribution in [0.2, 0.25) is 0 Å². The number of fused-ring (bicyclic) bond motifs is 1. The van der Waals surface area contributed by atoms with Crippen molar-refractivity contribution in [2.45, 2.75) is 44.0 Å². The van der Waals surface area contributed by atoms with E-state index in [1.807, 2.05) is 42.5 Å². The second kappa shape index (κ2) is 8.61. The summed E-state index contributed by atoms with van der Waals surface area (Å²) < 4.78 is 2.24. The standard InChI is InChI=1S/C22H24N4OS/c1-16-7-4-5-8-19(16)28-15-21(27)23-18-12-10-17(11-13-18)22-25-24-20-9-3-2-6-14-26(20)22/h4-5,7-8,10-13H,2-3,6,9,14-15H2,1H3,(H,23,27). The lowest BCUT2D eigenvalue weighted by Gasteiger charge is -2.09. The second-order valence-corrected chi connectivity index (χ2v) is 8.10. The third kappa shape index (κ3) is 4.28. The number of benzene rings is 2. The fourth-order valence-electron chi connectivity index (χ4n) is 3.46. The van der Waals surface area contributed by atoms with Gasteiger partial charge in [-0.25, -0.2) is 0 Å². The highest BCUT2D eigenvalue weighted by atomic mass is 32.2. The van der Waals surface area contributed by atoms with E-state index in [1.54, 1.807) is 11.8 Å². The van der Waals surface area contributed by atoms with Crippen molar-refractivity contribution in [2.24, 2.45) is 0 Å². The van der Waals surface area contributed by atoms with E-state index in [0.29, 0.717) is 5.75 Å². The number of aromatic nitrogens is 3. The van der Waals surface area contributed by atoms with Crippen molar-refractivity contribution >= 4 is 23.4 Å². The van der Waals surface area contributed by atoms with Crippen molar-refractivity contribution in [3.05, 3.63) is 59.9 Å². The molecule has 1 amide bonds. The summed E-state index contributed by atoms with van der Waals surface area (Å²) in [5.41, 5.74) is 3.03. The van der Waals surface area contributed by atoms with E-state index in [4.69, 9.17) is 0 Å². The summed E-state index contributed by atoms with van der Waals surface area (Å²) >= 11 is 1.56. The Hall–Kier alpha value is -2.60. The molecule has 6 heteroatoms. The van der Waals surface area contributed by atoms with Crippen LogP contribution >= 0.6 is 11.8 Å². The molecule has 0 bridgehead atoms. The van der Waals surface area contributed by atoms with Crippen LogP contribution in [0.15, 0.2) is 53.4 Å². The number of anilines is 1. The van der Waals surface area contributed by atoms with Crippen molar-refractivity contribution in [3.8, 4) is 11.4 Å². The third-order valence-electron chi connectivity index (χ3n) is 4.99. The number of aryl methyl sites for hydroxylation is 2. The van der Waals surface area contributed by atoms with Crippen LogP contribution in [0.4, 0.5) is 5.69 Å². The number of carbonyl (C=O) groups excluding carboxylic acids is 1. The van der Waals surface area contributed by atoms with Crippen molar-refractivity contribution in [1.82, 2.24) is 14.8 Å². The molecule has 0 radical (unpaired) electrons. The molecule has 1 aliphatic heterocycles. The van der Waals surface area contributed by atoms with Gasteiger partial charge in [0.15, 0.2) is 5.82 Å². The Balaban J connectivity index is 1.39. The first-order chi connectivity index (χ1) is 13.7. The monoisotopic (exact) mass is 392 g/mol. The van der Waals surface area contributed by atoms with E-state index < -0.39 is 0 Å². The van der Waals surface area contributed by atoms with Gasteiger partial charge in [0.25, 0.3) is 0 Å². The van der Waals surface area contributed by atoms with E-state index in [9.17, 15) is 4.79 Å². The van der Waals surface area contributed by atoms with Gasteiger partial charge < -0.3 is 9.88 Å². The van der Waals surface area contributed by atoms with Crippen LogP contribution in [0.1, 0.15) is 30.7 Å². The number of carbonyl (C=O) groups is 1. The lowest BCUT2D eigenvalue weighted by atomic mass is 10.2. The zero-order valence-electron chi connectivity index (χ0n) is 16.0. The summed E-state index contributed by atoms with van der Waals surface area (Å²) in [7, 11) is 0. The molecule has 4 rings (SSSR count). The number of hydrogen-bond acceptors (Lipinski definition) is 4. The lowest BCUT2D eigenvalue weighted by Crippen LogP contribution is -2.14. The SMILES string of the molecule is Cc1ccccc1SCC(=O)Nc1ccc(-c2nnc3n2CCCCC3)cc1. The molecule has 28 heavy (non-hydrogen) atoms. The van der Waals surface area contributed by atoms with Crippen LogP contribution in [0.3, 0.4) is 0 Å². The molecule has 1 N–H and O–H groups in total. The maximum atomic E-state index is 12.3. The quantitative estimate of drug-likeness (QED) is 0.639. The lowest BCUT2D eigenvalue weighted by molar-refractivity contribution is -0.113.